The molecule has 2 nitrogen and oxygen atoms in total. The van der Waals surface area contributed by atoms with Gasteiger partial charge in [0.2, 0.25) is 0 Å². The molecule has 0 bridgehead atoms. The monoisotopic (exact) mass is 462 g/mol. The molecule has 2 heteroatoms. The van der Waals surface area contributed by atoms with E-state index in [-0.39, 0.29) is 0 Å². The van der Waals surface area contributed by atoms with E-state index >= 15 is 0 Å². The third-order valence-corrected chi connectivity index (χ3v) is 7.57. The van der Waals surface area contributed by atoms with Gasteiger partial charge in [0, 0.05) is 25.5 Å². The summed E-state index contributed by atoms with van der Waals surface area (Å²) in [6, 6.07) is 0. The van der Waals surface area contributed by atoms with Gasteiger partial charge in [-0.05, 0) is 25.7 Å². The minimum absolute atomic E-state index is 0.644. The van der Waals surface area contributed by atoms with Gasteiger partial charge in [-0.3, -0.25) is 0 Å². The predicted octanol–water partition coefficient (Wildman–Crippen LogP) is 10.4. The second kappa shape index (κ2) is 23.1. The van der Waals surface area contributed by atoms with Gasteiger partial charge in [-0.25, -0.2) is 0 Å². The lowest BCUT2D eigenvalue weighted by Gasteiger charge is -2.33. The summed E-state index contributed by atoms with van der Waals surface area (Å²) in [4.78, 5) is 5.37. The van der Waals surface area contributed by atoms with Crippen LogP contribution in [0.4, 0.5) is 0 Å². The molecule has 0 saturated carbocycles. The summed E-state index contributed by atoms with van der Waals surface area (Å²) in [7, 11) is 0. The molecule has 0 radical (unpaired) electrons. The molecule has 1 rings (SSSR count). The van der Waals surface area contributed by atoms with Crippen LogP contribution in [0.3, 0.4) is 0 Å². The highest BCUT2D eigenvalue weighted by molar-refractivity contribution is 4.97. The van der Waals surface area contributed by atoms with Gasteiger partial charge in [-0.1, -0.05) is 143 Å². The van der Waals surface area contributed by atoms with Crippen molar-refractivity contribution in [2.24, 2.45) is 0 Å². The molecule has 0 aromatic carbocycles. The van der Waals surface area contributed by atoms with Gasteiger partial charge in [0.05, 0.1) is 0 Å². The molecular formula is C31H62N2. The summed E-state index contributed by atoms with van der Waals surface area (Å²) in [5, 5.41) is 0. The van der Waals surface area contributed by atoms with Crippen molar-refractivity contribution < 1.29 is 0 Å². The largest absolute Gasteiger partial charge is 0.356 e. The van der Waals surface area contributed by atoms with Crippen LogP contribution in [0.5, 0.6) is 0 Å². The molecule has 0 spiro atoms. The van der Waals surface area contributed by atoms with Crippen molar-refractivity contribution in [3.05, 3.63) is 12.4 Å². The highest BCUT2D eigenvalue weighted by Gasteiger charge is 2.24. The van der Waals surface area contributed by atoms with Crippen molar-refractivity contribution in [3.63, 3.8) is 0 Å². The van der Waals surface area contributed by atoms with E-state index in [1.165, 1.54) is 161 Å². The third-order valence-electron chi connectivity index (χ3n) is 7.57. The number of nitrogens with zero attached hydrogens (tertiary/aromatic N) is 2. The Hall–Kier alpha value is -0.660. The van der Waals surface area contributed by atoms with Crippen molar-refractivity contribution in [3.8, 4) is 0 Å². The Balaban J connectivity index is 2.25. The van der Waals surface area contributed by atoms with Crippen LogP contribution >= 0.6 is 0 Å². The zero-order valence-electron chi connectivity index (χ0n) is 23.3. The van der Waals surface area contributed by atoms with Gasteiger partial charge in [-0.2, -0.15) is 0 Å². The minimum atomic E-state index is 0.644. The first-order chi connectivity index (χ1) is 16.3. The van der Waals surface area contributed by atoms with Gasteiger partial charge in [0.15, 0.2) is 0 Å². The Bertz CT molecular complexity index is 419. The van der Waals surface area contributed by atoms with E-state index in [0.29, 0.717) is 6.17 Å². The first-order valence-electron chi connectivity index (χ1n) is 15.5. The Morgan fingerprint density at radius 3 is 1.06 bits per heavy atom. The number of rotatable bonds is 25. The summed E-state index contributed by atoms with van der Waals surface area (Å²) < 4.78 is 0. The van der Waals surface area contributed by atoms with Crippen LogP contribution in [0, 0.1) is 0 Å². The quantitative estimate of drug-likeness (QED) is 0.124. The first kappa shape index (κ1) is 30.4. The van der Waals surface area contributed by atoms with E-state index in [2.05, 4.69) is 43.0 Å². The second-order valence-electron chi connectivity index (χ2n) is 10.8. The van der Waals surface area contributed by atoms with E-state index in [1.54, 1.807) is 0 Å². The van der Waals surface area contributed by atoms with Crippen LogP contribution in [0.25, 0.3) is 0 Å². The van der Waals surface area contributed by atoms with E-state index in [4.69, 9.17) is 0 Å². The summed E-state index contributed by atoms with van der Waals surface area (Å²) in [5.41, 5.74) is 0. The first-order valence-corrected chi connectivity index (χ1v) is 15.5. The maximum absolute atomic E-state index is 2.69. The van der Waals surface area contributed by atoms with Crippen LogP contribution in [-0.2, 0) is 0 Å². The lowest BCUT2D eigenvalue weighted by atomic mass is 10.0. The van der Waals surface area contributed by atoms with Crippen LogP contribution in [-0.4, -0.2) is 29.1 Å². The molecule has 0 aliphatic carbocycles. The lowest BCUT2D eigenvalue weighted by molar-refractivity contribution is 0.135. The maximum Gasteiger partial charge on any atom is 0.101 e. The Labute approximate surface area is 210 Å². The van der Waals surface area contributed by atoms with Gasteiger partial charge < -0.3 is 9.80 Å². The second-order valence-corrected chi connectivity index (χ2v) is 10.8. The van der Waals surface area contributed by atoms with Gasteiger partial charge in [-0.15, -0.1) is 0 Å². The molecular weight excluding hydrogens is 400 g/mol. The number of hydrogen-bond acceptors (Lipinski definition) is 2. The zero-order valence-corrected chi connectivity index (χ0v) is 23.3. The molecule has 0 aromatic heterocycles. The summed E-state index contributed by atoms with van der Waals surface area (Å²) in [6.07, 6.45) is 38.0. The summed E-state index contributed by atoms with van der Waals surface area (Å²) >= 11 is 0. The van der Waals surface area contributed by atoms with Gasteiger partial charge >= 0.3 is 0 Å². The molecule has 1 aliphatic rings. The standard InChI is InChI=1S/C31H62N2/c1-4-7-10-13-15-16-17-18-20-23-26-31-32(27-24-21-12-9-6-3)29-30-33(31)28-25-22-19-14-11-8-5-2/h29-31H,4-28H2,1-3H3. The fraction of sp³-hybridized carbons (Fsp3) is 0.935. The average Bonchev–Trinajstić information content (AvgIpc) is 3.21. The topological polar surface area (TPSA) is 6.48 Å². The highest BCUT2D eigenvalue weighted by Crippen LogP contribution is 2.24. The Morgan fingerprint density at radius 2 is 0.697 bits per heavy atom. The van der Waals surface area contributed by atoms with Crippen LogP contribution in [0.2, 0.25) is 0 Å². The van der Waals surface area contributed by atoms with Crippen LogP contribution in [0.1, 0.15) is 168 Å². The normalized spacial score (nSPS) is 15.8. The smallest absolute Gasteiger partial charge is 0.101 e. The van der Waals surface area contributed by atoms with E-state index < -0.39 is 0 Å². The molecule has 1 heterocycles. The molecule has 0 fully saturated rings. The third kappa shape index (κ3) is 16.6. The van der Waals surface area contributed by atoms with Crippen molar-refractivity contribution in [2.75, 3.05) is 13.1 Å². The van der Waals surface area contributed by atoms with Gasteiger partial charge in [0.1, 0.15) is 6.17 Å². The predicted molar refractivity (Wildman–Crippen MR) is 150 cm³/mol. The lowest BCUT2D eigenvalue weighted by Crippen LogP contribution is -2.39. The fourth-order valence-electron chi connectivity index (χ4n) is 5.30. The molecule has 0 amide bonds. The van der Waals surface area contributed by atoms with E-state index in [1.807, 2.05) is 0 Å². The molecule has 1 atom stereocenters. The summed E-state index contributed by atoms with van der Waals surface area (Å²) in [6.45, 7) is 9.45. The molecule has 0 N–H and O–H groups in total. The minimum Gasteiger partial charge on any atom is -0.356 e. The maximum atomic E-state index is 2.69. The zero-order chi connectivity index (χ0) is 23.8. The molecule has 1 aliphatic heterocycles. The van der Waals surface area contributed by atoms with E-state index in [9.17, 15) is 0 Å². The Morgan fingerprint density at radius 1 is 0.394 bits per heavy atom. The SMILES string of the molecule is CCCCCCCCCCCCC1N(CCCCCCC)C=CN1CCCCCCCCC. The van der Waals surface area contributed by atoms with Crippen molar-refractivity contribution in [1.82, 2.24) is 9.80 Å². The van der Waals surface area contributed by atoms with Crippen molar-refractivity contribution >= 4 is 0 Å². The van der Waals surface area contributed by atoms with Crippen molar-refractivity contribution in [2.45, 2.75) is 175 Å². The fourth-order valence-corrected chi connectivity index (χ4v) is 5.30. The van der Waals surface area contributed by atoms with E-state index in [0.717, 1.165) is 0 Å². The van der Waals surface area contributed by atoms with Gasteiger partial charge in [0.25, 0.3) is 0 Å². The molecule has 1 unspecified atom stereocenters. The van der Waals surface area contributed by atoms with Crippen LogP contribution in [0.15, 0.2) is 12.4 Å². The molecule has 0 aromatic rings. The van der Waals surface area contributed by atoms with Crippen LogP contribution < -0.4 is 0 Å². The van der Waals surface area contributed by atoms with Crippen molar-refractivity contribution in [1.29, 1.82) is 0 Å². The average molecular weight is 463 g/mol. The highest BCUT2D eigenvalue weighted by atomic mass is 15.4. The number of hydrogen-bond donors (Lipinski definition) is 0. The number of unbranched alkanes of at least 4 members (excludes halogenated alkanes) is 19. The Kier molecular flexibility index (Phi) is 21.3. The molecule has 196 valence electrons. The molecule has 33 heavy (non-hydrogen) atoms. The summed E-state index contributed by atoms with van der Waals surface area (Å²) in [5.74, 6) is 0. The molecule has 0 saturated heterocycles.